The van der Waals surface area contributed by atoms with Crippen molar-refractivity contribution >= 4 is 74.1 Å². The highest BCUT2D eigenvalue weighted by atomic mass is 79.9. The van der Waals surface area contributed by atoms with Gasteiger partial charge in [-0.15, -0.1) is 0 Å². The van der Waals surface area contributed by atoms with E-state index in [9.17, 15) is 4.21 Å². The Kier molecular flexibility index (Phi) is 5.30. The summed E-state index contributed by atoms with van der Waals surface area (Å²) in [6.45, 7) is 0. The van der Waals surface area contributed by atoms with Gasteiger partial charge >= 0.3 is 0 Å². The second kappa shape index (κ2) is 7.55. The molecule has 0 amide bonds. The fourth-order valence-corrected chi connectivity index (χ4v) is 5.07. The molecule has 0 saturated heterocycles. The lowest BCUT2D eigenvalue weighted by Crippen LogP contribution is -1.95. The Balaban J connectivity index is 2.22. The Morgan fingerprint density at radius 2 is 1.37 bits per heavy atom. The standard InChI is InChI=1S/C21H13Br2ClO2S/c1-26-18-8-2-12-10-14(22)4-6-16(12)20(18)21-17-7-5-15(23)11-13(17)3-9-19(21)27(24)25/h2-11H,1H3. The van der Waals surface area contributed by atoms with Crippen LogP contribution in [0.1, 0.15) is 0 Å². The van der Waals surface area contributed by atoms with Gasteiger partial charge in [0.1, 0.15) is 15.8 Å². The summed E-state index contributed by atoms with van der Waals surface area (Å²) in [5, 5.41) is 4.07. The summed E-state index contributed by atoms with van der Waals surface area (Å²) in [7, 11) is 6.05. The van der Waals surface area contributed by atoms with E-state index in [0.717, 1.165) is 41.6 Å². The lowest BCUT2D eigenvalue weighted by molar-refractivity contribution is 0.417. The predicted octanol–water partition coefficient (Wildman–Crippen LogP) is 7.46. The lowest BCUT2D eigenvalue weighted by atomic mass is 9.93. The van der Waals surface area contributed by atoms with Gasteiger partial charge in [0.25, 0.3) is 0 Å². The maximum atomic E-state index is 12.4. The van der Waals surface area contributed by atoms with Crippen LogP contribution >= 0.6 is 42.5 Å². The van der Waals surface area contributed by atoms with E-state index in [4.69, 9.17) is 15.4 Å². The van der Waals surface area contributed by atoms with Gasteiger partial charge in [-0.3, -0.25) is 0 Å². The largest absolute Gasteiger partial charge is 0.496 e. The third-order valence-electron chi connectivity index (χ3n) is 4.53. The highest BCUT2D eigenvalue weighted by Crippen LogP contribution is 2.44. The summed E-state index contributed by atoms with van der Waals surface area (Å²) in [6, 6.07) is 19.8. The van der Waals surface area contributed by atoms with Crippen molar-refractivity contribution in [3.63, 3.8) is 0 Å². The van der Waals surface area contributed by atoms with Crippen LogP contribution in [0.15, 0.2) is 74.5 Å². The zero-order chi connectivity index (χ0) is 19.1. The fourth-order valence-electron chi connectivity index (χ4n) is 3.38. The second-order valence-corrected chi connectivity index (χ2v) is 9.59. The van der Waals surface area contributed by atoms with Crippen LogP contribution in [-0.2, 0) is 10.0 Å². The van der Waals surface area contributed by atoms with E-state index in [-0.39, 0.29) is 0 Å². The fraction of sp³-hybridized carbons (Fsp3) is 0.0476. The van der Waals surface area contributed by atoms with E-state index in [0.29, 0.717) is 10.6 Å². The summed E-state index contributed by atoms with van der Waals surface area (Å²) in [4.78, 5) is 0.570. The zero-order valence-electron chi connectivity index (χ0n) is 14.1. The summed E-state index contributed by atoms with van der Waals surface area (Å²) in [6.07, 6.45) is 0. The van der Waals surface area contributed by atoms with Crippen molar-refractivity contribution in [1.29, 1.82) is 0 Å². The van der Waals surface area contributed by atoms with Crippen LogP contribution in [0.5, 0.6) is 5.75 Å². The molecule has 0 aliphatic carbocycles. The lowest BCUT2D eigenvalue weighted by Gasteiger charge is -2.17. The minimum atomic E-state index is -1.66. The van der Waals surface area contributed by atoms with Gasteiger partial charge in [-0.25, -0.2) is 4.21 Å². The third-order valence-corrected chi connectivity index (χ3v) is 6.70. The Labute approximate surface area is 180 Å². The average Bonchev–Trinajstić information content (AvgIpc) is 2.65. The maximum Gasteiger partial charge on any atom is 0.148 e. The number of ether oxygens (including phenoxy) is 1. The number of hydrogen-bond donors (Lipinski definition) is 0. The Morgan fingerprint density at radius 1 is 0.815 bits per heavy atom. The molecule has 0 heterocycles. The number of methoxy groups -OCH3 is 1. The van der Waals surface area contributed by atoms with E-state index in [1.807, 2.05) is 54.6 Å². The molecule has 0 saturated carbocycles. The molecular formula is C21H13Br2ClO2S. The van der Waals surface area contributed by atoms with Crippen LogP contribution < -0.4 is 4.74 Å². The molecular weight excluding hydrogens is 512 g/mol. The molecule has 0 spiro atoms. The Bertz CT molecular complexity index is 1220. The van der Waals surface area contributed by atoms with Crippen molar-refractivity contribution in [3.8, 4) is 16.9 Å². The molecule has 1 atom stereocenters. The van der Waals surface area contributed by atoms with Gasteiger partial charge in [-0.05, 0) is 68.6 Å². The van der Waals surface area contributed by atoms with Crippen LogP contribution in [0.2, 0.25) is 0 Å². The van der Waals surface area contributed by atoms with Gasteiger partial charge in [-0.1, -0.05) is 56.1 Å². The molecule has 0 aliphatic rings. The second-order valence-electron chi connectivity index (χ2n) is 6.04. The van der Waals surface area contributed by atoms with Crippen molar-refractivity contribution < 1.29 is 8.95 Å². The zero-order valence-corrected chi connectivity index (χ0v) is 18.9. The number of halogens is 3. The summed E-state index contributed by atoms with van der Waals surface area (Å²) >= 11 is 7.05. The van der Waals surface area contributed by atoms with Crippen molar-refractivity contribution in [2.45, 2.75) is 4.90 Å². The van der Waals surface area contributed by atoms with Crippen molar-refractivity contribution in [1.82, 2.24) is 0 Å². The first-order chi connectivity index (χ1) is 13.0. The van der Waals surface area contributed by atoms with Gasteiger partial charge < -0.3 is 4.74 Å². The molecule has 6 heteroatoms. The van der Waals surface area contributed by atoms with Crippen LogP contribution in [0.4, 0.5) is 0 Å². The molecule has 1 unspecified atom stereocenters. The predicted molar refractivity (Wildman–Crippen MR) is 121 cm³/mol. The summed E-state index contributed by atoms with van der Waals surface area (Å²) in [5.74, 6) is 0.712. The molecule has 0 radical (unpaired) electrons. The van der Waals surface area contributed by atoms with Crippen molar-refractivity contribution in [2.24, 2.45) is 0 Å². The molecule has 0 aromatic heterocycles. The van der Waals surface area contributed by atoms with Gasteiger partial charge in [-0.2, -0.15) is 0 Å². The molecule has 0 N–H and O–H groups in total. The highest BCUT2D eigenvalue weighted by molar-refractivity contribution is 9.10. The number of hydrogen-bond acceptors (Lipinski definition) is 2. The monoisotopic (exact) mass is 522 g/mol. The molecule has 136 valence electrons. The van der Waals surface area contributed by atoms with Crippen molar-refractivity contribution in [3.05, 3.63) is 69.6 Å². The first-order valence-corrected chi connectivity index (χ1v) is 11.6. The van der Waals surface area contributed by atoms with Gasteiger partial charge in [0.2, 0.25) is 0 Å². The summed E-state index contributed by atoms with van der Waals surface area (Å²) < 4.78 is 20.0. The number of benzene rings is 4. The van der Waals surface area contributed by atoms with Crippen LogP contribution in [-0.4, -0.2) is 11.3 Å². The van der Waals surface area contributed by atoms with E-state index < -0.39 is 10.0 Å². The third kappa shape index (κ3) is 3.42. The average molecular weight is 525 g/mol. The molecule has 27 heavy (non-hydrogen) atoms. The van der Waals surface area contributed by atoms with Gasteiger partial charge in [0, 0.05) is 20.1 Å². The SMILES string of the molecule is COc1ccc2cc(Br)ccc2c1-c1c(S(=O)Cl)ccc2cc(Br)ccc12. The normalized spacial score (nSPS) is 12.4. The number of fused-ring (bicyclic) bond motifs is 2. The first kappa shape index (κ1) is 18.9. The van der Waals surface area contributed by atoms with Crippen LogP contribution in [0, 0.1) is 0 Å². The summed E-state index contributed by atoms with van der Waals surface area (Å²) in [5.41, 5.74) is 1.72. The molecule has 2 nitrogen and oxygen atoms in total. The van der Waals surface area contributed by atoms with Crippen molar-refractivity contribution in [2.75, 3.05) is 7.11 Å². The van der Waals surface area contributed by atoms with Crippen LogP contribution in [0.3, 0.4) is 0 Å². The first-order valence-electron chi connectivity index (χ1n) is 8.06. The topological polar surface area (TPSA) is 26.3 Å². The Hall–Kier alpha value is -1.40. The van der Waals surface area contributed by atoms with E-state index in [1.165, 1.54) is 0 Å². The molecule has 4 aromatic carbocycles. The van der Waals surface area contributed by atoms with E-state index >= 15 is 0 Å². The van der Waals surface area contributed by atoms with E-state index in [1.54, 1.807) is 7.11 Å². The highest BCUT2D eigenvalue weighted by Gasteiger charge is 2.20. The molecule has 4 rings (SSSR count). The van der Waals surface area contributed by atoms with Gasteiger partial charge in [0.15, 0.2) is 0 Å². The smallest absolute Gasteiger partial charge is 0.148 e. The quantitative estimate of drug-likeness (QED) is 0.260. The van der Waals surface area contributed by atoms with Gasteiger partial charge in [0.05, 0.1) is 12.0 Å². The minimum absolute atomic E-state index is 0.570. The molecule has 0 fully saturated rings. The molecule has 0 bridgehead atoms. The minimum Gasteiger partial charge on any atom is -0.496 e. The van der Waals surface area contributed by atoms with Crippen LogP contribution in [0.25, 0.3) is 32.7 Å². The molecule has 4 aromatic rings. The molecule has 0 aliphatic heterocycles. The Morgan fingerprint density at radius 3 is 1.93 bits per heavy atom. The maximum absolute atomic E-state index is 12.4. The number of rotatable bonds is 3. The van der Waals surface area contributed by atoms with E-state index in [2.05, 4.69) is 37.9 Å².